The van der Waals surface area contributed by atoms with Crippen molar-refractivity contribution in [2.24, 2.45) is 17.8 Å². The molecule has 0 saturated carbocycles. The summed E-state index contributed by atoms with van der Waals surface area (Å²) in [5, 5.41) is 17.8. The number of aliphatic hydroxyl groups excluding tert-OH is 1. The predicted octanol–water partition coefficient (Wildman–Crippen LogP) is 3.09. The Morgan fingerprint density at radius 1 is 1.21 bits per heavy atom. The minimum atomic E-state index is -1.17. The number of carbonyl (C=O) groups is 3. The molecule has 3 aliphatic rings. The number of carbonyl (C=O) groups excluding carboxylic acids is 3. The number of ether oxygens (including phenoxy) is 2. The molecule has 3 saturated heterocycles. The van der Waals surface area contributed by atoms with Crippen molar-refractivity contribution < 1.29 is 29.0 Å². The van der Waals surface area contributed by atoms with E-state index in [-0.39, 0.29) is 44.2 Å². The van der Waals surface area contributed by atoms with Crippen LogP contribution in [0.15, 0.2) is 49.6 Å². The van der Waals surface area contributed by atoms with Crippen LogP contribution in [0.25, 0.3) is 11.0 Å². The number of aromatic nitrogens is 3. The van der Waals surface area contributed by atoms with Gasteiger partial charge in [0.15, 0.2) is 0 Å². The minimum Gasteiger partial charge on any atom is -0.465 e. The molecule has 2 bridgehead atoms. The topological polar surface area (TPSA) is 127 Å². The van der Waals surface area contributed by atoms with Crippen molar-refractivity contribution >= 4 is 28.8 Å². The van der Waals surface area contributed by atoms with E-state index in [0.29, 0.717) is 50.6 Å². The Kier molecular flexibility index (Phi) is 9.03. The molecule has 11 nitrogen and oxygen atoms in total. The number of allylic oxidation sites excluding steroid dienone is 1. The van der Waals surface area contributed by atoms with E-state index in [0.717, 1.165) is 5.52 Å². The molecule has 6 atom stereocenters. The normalized spacial score (nSPS) is 29.2. The second-order valence-corrected chi connectivity index (χ2v) is 12.2. The Bertz CT molecular complexity index is 1380. The zero-order chi connectivity index (χ0) is 30.8. The second kappa shape index (κ2) is 12.6. The van der Waals surface area contributed by atoms with Crippen LogP contribution in [0.3, 0.4) is 0 Å². The summed E-state index contributed by atoms with van der Waals surface area (Å²) < 4.78 is 14.2. The van der Waals surface area contributed by atoms with Crippen molar-refractivity contribution in [3.8, 4) is 0 Å². The highest BCUT2D eigenvalue weighted by atomic mass is 16.6. The van der Waals surface area contributed by atoms with Crippen LogP contribution in [0.2, 0.25) is 0 Å². The second-order valence-electron chi connectivity index (χ2n) is 12.2. The van der Waals surface area contributed by atoms with Gasteiger partial charge in [-0.1, -0.05) is 36.4 Å². The van der Waals surface area contributed by atoms with E-state index in [2.05, 4.69) is 23.5 Å². The number of amides is 2. The van der Waals surface area contributed by atoms with E-state index >= 15 is 0 Å². The van der Waals surface area contributed by atoms with Crippen molar-refractivity contribution in [2.75, 3.05) is 26.3 Å². The lowest BCUT2D eigenvalue weighted by Gasteiger charge is -2.37. The molecule has 11 heteroatoms. The number of aliphatic hydroxyl groups is 1. The van der Waals surface area contributed by atoms with Crippen molar-refractivity contribution in [1.82, 2.24) is 24.8 Å². The highest BCUT2D eigenvalue weighted by Gasteiger charge is 2.80. The van der Waals surface area contributed by atoms with Gasteiger partial charge in [0.2, 0.25) is 11.8 Å². The van der Waals surface area contributed by atoms with Crippen LogP contribution < -0.4 is 0 Å². The molecule has 4 heterocycles. The molecular weight excluding hydrogens is 550 g/mol. The maximum atomic E-state index is 14.7. The molecular formula is C32H43N5O6. The summed E-state index contributed by atoms with van der Waals surface area (Å²) in [5.74, 6) is -2.73. The van der Waals surface area contributed by atoms with Gasteiger partial charge < -0.3 is 24.4 Å². The first kappa shape index (κ1) is 30.9. The molecule has 1 N–H and O–H groups in total. The Balaban J connectivity index is 1.50. The van der Waals surface area contributed by atoms with Crippen LogP contribution in [-0.4, -0.2) is 91.2 Å². The van der Waals surface area contributed by atoms with E-state index in [9.17, 15) is 19.5 Å². The number of para-hydroxylation sites is 1. The van der Waals surface area contributed by atoms with Gasteiger partial charge in [-0.05, 0) is 63.5 Å². The summed E-state index contributed by atoms with van der Waals surface area (Å²) >= 11 is 0. The van der Waals surface area contributed by atoms with Crippen LogP contribution >= 0.6 is 0 Å². The number of hydrogen-bond donors (Lipinski definition) is 1. The molecule has 3 aliphatic heterocycles. The van der Waals surface area contributed by atoms with E-state index < -0.39 is 35.0 Å². The van der Waals surface area contributed by atoms with Crippen LogP contribution in [0.4, 0.5) is 0 Å². The van der Waals surface area contributed by atoms with Crippen LogP contribution in [0.1, 0.15) is 52.4 Å². The third kappa shape index (κ3) is 5.26. The van der Waals surface area contributed by atoms with E-state index in [1.54, 1.807) is 26.6 Å². The molecule has 2 amide bonds. The van der Waals surface area contributed by atoms with Gasteiger partial charge in [-0.15, -0.1) is 18.3 Å². The van der Waals surface area contributed by atoms with Gasteiger partial charge in [-0.3, -0.25) is 14.4 Å². The quantitative estimate of drug-likeness (QED) is 0.190. The molecule has 2 aromatic rings. The third-order valence-corrected chi connectivity index (χ3v) is 9.54. The zero-order valence-electron chi connectivity index (χ0n) is 25.2. The van der Waals surface area contributed by atoms with Crippen molar-refractivity contribution in [1.29, 1.82) is 0 Å². The first-order valence-corrected chi connectivity index (χ1v) is 15.3. The SMILES string of the molecule is C=CCCCOC(=O)[C@@H]1[C@H]2C(=O)N(CCCCCO)C(C(=O)N(CC=C)Cn3nnc4ccccc43)C23CC(C)[C@@]1(C)O3. The lowest BCUT2D eigenvalue weighted by molar-refractivity contribution is -0.162. The molecule has 43 heavy (non-hydrogen) atoms. The van der Waals surface area contributed by atoms with E-state index in [4.69, 9.17) is 9.47 Å². The smallest absolute Gasteiger partial charge is 0.312 e. The monoisotopic (exact) mass is 593 g/mol. The highest BCUT2D eigenvalue weighted by Crippen LogP contribution is 2.65. The van der Waals surface area contributed by atoms with Gasteiger partial charge in [0.25, 0.3) is 0 Å². The summed E-state index contributed by atoms with van der Waals surface area (Å²) in [7, 11) is 0. The van der Waals surface area contributed by atoms with E-state index in [1.165, 1.54) is 0 Å². The minimum absolute atomic E-state index is 0.0561. The summed E-state index contributed by atoms with van der Waals surface area (Å²) in [6, 6.07) is 6.58. The van der Waals surface area contributed by atoms with E-state index in [1.807, 2.05) is 38.1 Å². The molecule has 3 unspecified atom stereocenters. The number of rotatable bonds is 15. The lowest BCUT2D eigenvalue weighted by Crippen LogP contribution is -2.56. The van der Waals surface area contributed by atoms with Gasteiger partial charge in [0.05, 0.1) is 23.6 Å². The van der Waals surface area contributed by atoms with Crippen LogP contribution in [0.5, 0.6) is 0 Å². The fourth-order valence-electron chi connectivity index (χ4n) is 7.41. The standard InChI is InChI=1S/C32H43N5O6/c1-5-7-13-19-42-30(41)26-25-28(39)36(17-11-8-12-18-38)27(32(25)20-22(3)31(26,4)43-32)29(40)35(16-6-2)21-37-24-15-10-9-14-23(24)33-34-37/h5-6,9-10,14-15,22,25-27,38H,1-2,7-8,11-13,16-21H2,3-4H3/t22?,25-,26-,27?,31+,32?/m0/s1. The van der Waals surface area contributed by atoms with Gasteiger partial charge in [0.1, 0.15) is 29.7 Å². The number of nitrogens with zero attached hydrogens (tertiary/aromatic N) is 5. The predicted molar refractivity (Wildman–Crippen MR) is 159 cm³/mol. The molecule has 1 aromatic carbocycles. The van der Waals surface area contributed by atoms with Gasteiger partial charge in [-0.2, -0.15) is 0 Å². The first-order valence-electron chi connectivity index (χ1n) is 15.3. The van der Waals surface area contributed by atoms with Gasteiger partial charge in [0, 0.05) is 19.7 Å². The molecule has 0 aliphatic carbocycles. The molecule has 5 rings (SSSR count). The largest absolute Gasteiger partial charge is 0.465 e. The number of esters is 1. The average molecular weight is 594 g/mol. The first-order chi connectivity index (χ1) is 20.7. The van der Waals surface area contributed by atoms with Crippen LogP contribution in [0, 0.1) is 17.8 Å². The fraction of sp³-hybridized carbons (Fsp3) is 0.594. The maximum Gasteiger partial charge on any atom is 0.312 e. The summed E-state index contributed by atoms with van der Waals surface area (Å²) in [6.07, 6.45) is 7.16. The van der Waals surface area contributed by atoms with Gasteiger partial charge >= 0.3 is 5.97 Å². The highest BCUT2D eigenvalue weighted by molar-refractivity contribution is 5.98. The number of hydrogen-bond acceptors (Lipinski definition) is 8. The summed E-state index contributed by atoms with van der Waals surface area (Å²) in [4.78, 5) is 45.9. The Labute approximate surface area is 252 Å². The molecule has 3 fully saturated rings. The number of unbranched alkanes of at least 4 members (excludes halogenated alkanes) is 3. The maximum absolute atomic E-state index is 14.7. The molecule has 1 aromatic heterocycles. The molecule has 0 radical (unpaired) electrons. The van der Waals surface area contributed by atoms with Crippen LogP contribution in [-0.2, 0) is 30.5 Å². The lowest BCUT2D eigenvalue weighted by atomic mass is 9.62. The number of likely N-dealkylation sites (tertiary alicyclic amines) is 1. The summed E-state index contributed by atoms with van der Waals surface area (Å²) in [6.45, 7) is 12.4. The summed E-state index contributed by atoms with van der Waals surface area (Å²) in [5.41, 5.74) is -0.624. The van der Waals surface area contributed by atoms with Crippen molar-refractivity contribution in [3.63, 3.8) is 0 Å². The third-order valence-electron chi connectivity index (χ3n) is 9.54. The zero-order valence-corrected chi connectivity index (χ0v) is 25.2. The number of fused-ring (bicyclic) bond motifs is 2. The van der Waals surface area contributed by atoms with Crippen molar-refractivity contribution in [2.45, 2.75) is 76.3 Å². The molecule has 232 valence electrons. The Morgan fingerprint density at radius 3 is 2.74 bits per heavy atom. The molecule has 1 spiro atoms. The number of benzene rings is 1. The van der Waals surface area contributed by atoms with Crippen molar-refractivity contribution in [3.05, 3.63) is 49.6 Å². The van der Waals surface area contributed by atoms with Gasteiger partial charge in [-0.25, -0.2) is 4.68 Å². The fourth-order valence-corrected chi connectivity index (χ4v) is 7.41. The average Bonchev–Trinajstić information content (AvgIpc) is 3.66. The Hall–Kier alpha value is -3.57. The Morgan fingerprint density at radius 2 is 2.00 bits per heavy atom.